The average molecular weight is 225 g/mol. The summed E-state index contributed by atoms with van der Waals surface area (Å²) in [6.07, 6.45) is 1.64. The second kappa shape index (κ2) is 4.48. The van der Waals surface area contributed by atoms with Gasteiger partial charge in [-0.3, -0.25) is 4.79 Å². The Morgan fingerprint density at radius 1 is 1.19 bits per heavy atom. The van der Waals surface area contributed by atoms with Crippen molar-refractivity contribution in [3.05, 3.63) is 0 Å². The highest BCUT2D eigenvalue weighted by molar-refractivity contribution is 5.83. The Balaban J connectivity index is 2.61. The molecule has 0 aromatic rings. The van der Waals surface area contributed by atoms with Crippen LogP contribution in [0.4, 0.5) is 0 Å². The zero-order chi connectivity index (χ0) is 12.6. The van der Waals surface area contributed by atoms with Crippen molar-refractivity contribution < 1.29 is 4.79 Å². The molecule has 1 N–H and O–H groups in total. The monoisotopic (exact) mass is 225 g/mol. The largest absolute Gasteiger partial charge is 0.308 e. The second-order valence-electron chi connectivity index (χ2n) is 6.16. The highest BCUT2D eigenvalue weighted by Gasteiger charge is 2.64. The predicted octanol–water partition coefficient (Wildman–Crippen LogP) is 3.02. The molecule has 2 nitrogen and oxygen atoms in total. The maximum absolute atomic E-state index is 11.8. The molecule has 0 aromatic heterocycles. The second-order valence-corrected chi connectivity index (χ2v) is 6.16. The Labute approximate surface area is 100 Å². The SMILES string of the molecule is CCNC(CC1C(C)(C)C1(C)C)C(=O)CC. The van der Waals surface area contributed by atoms with Crippen LogP contribution in [0.1, 0.15) is 54.4 Å². The minimum atomic E-state index is 0.0704. The summed E-state index contributed by atoms with van der Waals surface area (Å²) < 4.78 is 0. The van der Waals surface area contributed by atoms with Crippen molar-refractivity contribution in [3.63, 3.8) is 0 Å². The number of hydrogen-bond acceptors (Lipinski definition) is 2. The van der Waals surface area contributed by atoms with E-state index in [-0.39, 0.29) is 6.04 Å². The van der Waals surface area contributed by atoms with E-state index < -0.39 is 0 Å². The lowest BCUT2D eigenvalue weighted by molar-refractivity contribution is -0.121. The van der Waals surface area contributed by atoms with Crippen molar-refractivity contribution in [2.75, 3.05) is 6.54 Å². The predicted molar refractivity (Wildman–Crippen MR) is 68.4 cm³/mol. The van der Waals surface area contributed by atoms with Gasteiger partial charge in [-0.2, -0.15) is 0 Å². The smallest absolute Gasteiger partial charge is 0.149 e. The van der Waals surface area contributed by atoms with Gasteiger partial charge in [0.2, 0.25) is 0 Å². The first kappa shape index (κ1) is 13.7. The Bertz CT molecular complexity index is 254. The summed E-state index contributed by atoms with van der Waals surface area (Å²) in [6, 6.07) is 0.0704. The van der Waals surface area contributed by atoms with Crippen LogP contribution in [-0.4, -0.2) is 18.4 Å². The van der Waals surface area contributed by atoms with Crippen LogP contribution in [0.2, 0.25) is 0 Å². The van der Waals surface area contributed by atoms with Crippen LogP contribution in [0, 0.1) is 16.7 Å². The zero-order valence-electron chi connectivity index (χ0n) is 11.7. The summed E-state index contributed by atoms with van der Waals surface area (Å²) >= 11 is 0. The molecule has 0 bridgehead atoms. The lowest BCUT2D eigenvalue weighted by Gasteiger charge is -2.16. The number of hydrogen-bond donors (Lipinski definition) is 1. The number of likely N-dealkylation sites (N-methyl/N-ethyl adjacent to an activating group) is 1. The normalized spacial score (nSPS) is 24.1. The molecule has 0 heterocycles. The van der Waals surface area contributed by atoms with Gasteiger partial charge in [0.05, 0.1) is 6.04 Å². The molecule has 1 fully saturated rings. The highest BCUT2D eigenvalue weighted by atomic mass is 16.1. The summed E-state index contributed by atoms with van der Waals surface area (Å²) in [5.74, 6) is 1.03. The molecule has 16 heavy (non-hydrogen) atoms. The third-order valence-electron chi connectivity index (χ3n) is 4.98. The van der Waals surface area contributed by atoms with E-state index in [0.717, 1.165) is 13.0 Å². The fraction of sp³-hybridized carbons (Fsp3) is 0.929. The molecule has 1 aliphatic carbocycles. The topological polar surface area (TPSA) is 29.1 Å². The lowest BCUT2D eigenvalue weighted by Crippen LogP contribution is -2.37. The average Bonchev–Trinajstić information content (AvgIpc) is 2.58. The van der Waals surface area contributed by atoms with Gasteiger partial charge < -0.3 is 5.32 Å². The lowest BCUT2D eigenvalue weighted by atomic mass is 9.99. The van der Waals surface area contributed by atoms with Crippen molar-refractivity contribution in [2.45, 2.75) is 60.4 Å². The summed E-state index contributed by atoms with van der Waals surface area (Å²) in [4.78, 5) is 11.8. The van der Waals surface area contributed by atoms with E-state index in [0.29, 0.717) is 29.0 Å². The minimum absolute atomic E-state index is 0.0704. The van der Waals surface area contributed by atoms with Gasteiger partial charge in [0.15, 0.2) is 0 Å². The van der Waals surface area contributed by atoms with Crippen molar-refractivity contribution in [3.8, 4) is 0 Å². The number of Topliss-reactive ketones (excluding diaryl/α,β-unsaturated/α-hetero) is 1. The van der Waals surface area contributed by atoms with Crippen LogP contribution in [0.25, 0.3) is 0 Å². The molecular formula is C14H27NO. The van der Waals surface area contributed by atoms with Crippen molar-refractivity contribution in [2.24, 2.45) is 16.7 Å². The van der Waals surface area contributed by atoms with E-state index in [1.165, 1.54) is 0 Å². The van der Waals surface area contributed by atoms with Crippen LogP contribution in [-0.2, 0) is 4.79 Å². The fourth-order valence-electron chi connectivity index (χ4n) is 2.98. The third kappa shape index (κ3) is 2.17. The van der Waals surface area contributed by atoms with Crippen molar-refractivity contribution in [1.29, 1.82) is 0 Å². The molecule has 1 aliphatic rings. The van der Waals surface area contributed by atoms with Crippen LogP contribution >= 0.6 is 0 Å². The summed E-state index contributed by atoms with van der Waals surface area (Å²) in [5, 5.41) is 3.33. The molecule has 1 unspecified atom stereocenters. The molecule has 2 heteroatoms. The Kier molecular flexibility index (Phi) is 3.83. The van der Waals surface area contributed by atoms with Gasteiger partial charge in [0.1, 0.15) is 5.78 Å². The number of nitrogens with one attached hydrogen (secondary N) is 1. The van der Waals surface area contributed by atoms with E-state index >= 15 is 0 Å². The molecule has 0 radical (unpaired) electrons. The Morgan fingerprint density at radius 2 is 1.69 bits per heavy atom. The molecule has 1 saturated carbocycles. The van der Waals surface area contributed by atoms with E-state index in [9.17, 15) is 4.79 Å². The fourth-order valence-corrected chi connectivity index (χ4v) is 2.98. The zero-order valence-corrected chi connectivity index (χ0v) is 11.7. The molecule has 1 atom stereocenters. The highest BCUT2D eigenvalue weighted by Crippen LogP contribution is 2.69. The molecule has 0 aliphatic heterocycles. The molecule has 1 rings (SSSR count). The van der Waals surface area contributed by atoms with E-state index in [2.05, 4.69) is 39.9 Å². The van der Waals surface area contributed by atoms with Crippen LogP contribution in [0.5, 0.6) is 0 Å². The number of ketones is 1. The van der Waals surface area contributed by atoms with Crippen LogP contribution < -0.4 is 5.32 Å². The summed E-state index contributed by atoms with van der Waals surface area (Å²) in [6.45, 7) is 14.2. The van der Waals surface area contributed by atoms with E-state index in [1.807, 2.05) is 6.92 Å². The minimum Gasteiger partial charge on any atom is -0.308 e. The van der Waals surface area contributed by atoms with Gasteiger partial charge in [0, 0.05) is 6.42 Å². The first-order valence-corrected chi connectivity index (χ1v) is 6.55. The molecule has 0 saturated heterocycles. The Hall–Kier alpha value is -0.370. The maximum atomic E-state index is 11.8. The van der Waals surface area contributed by atoms with Crippen molar-refractivity contribution >= 4 is 5.78 Å². The molecular weight excluding hydrogens is 198 g/mol. The number of carbonyl (C=O) groups is 1. The summed E-state index contributed by atoms with van der Waals surface area (Å²) in [7, 11) is 0. The first-order valence-electron chi connectivity index (χ1n) is 6.55. The van der Waals surface area contributed by atoms with E-state index in [1.54, 1.807) is 0 Å². The summed E-state index contributed by atoms with van der Waals surface area (Å²) in [5.41, 5.74) is 0.767. The van der Waals surface area contributed by atoms with Gasteiger partial charge in [0.25, 0.3) is 0 Å². The Morgan fingerprint density at radius 3 is 2.00 bits per heavy atom. The molecule has 0 aromatic carbocycles. The molecule has 0 spiro atoms. The number of carbonyl (C=O) groups excluding carboxylic acids is 1. The van der Waals surface area contributed by atoms with Crippen molar-refractivity contribution in [1.82, 2.24) is 5.32 Å². The van der Waals surface area contributed by atoms with Crippen LogP contribution in [0.15, 0.2) is 0 Å². The standard InChI is InChI=1S/C14H27NO/c1-7-11(16)10(15-8-2)9-12-13(3,4)14(12,5)6/h10,12,15H,7-9H2,1-6H3. The van der Waals surface area contributed by atoms with E-state index in [4.69, 9.17) is 0 Å². The van der Waals surface area contributed by atoms with Gasteiger partial charge >= 0.3 is 0 Å². The van der Waals surface area contributed by atoms with Crippen LogP contribution in [0.3, 0.4) is 0 Å². The quantitative estimate of drug-likeness (QED) is 0.753. The first-order chi connectivity index (χ1) is 7.29. The number of rotatable bonds is 6. The van der Waals surface area contributed by atoms with Gasteiger partial charge in [-0.25, -0.2) is 0 Å². The van der Waals surface area contributed by atoms with Gasteiger partial charge in [-0.05, 0) is 29.7 Å². The molecule has 0 amide bonds. The molecule has 94 valence electrons. The van der Waals surface area contributed by atoms with Gasteiger partial charge in [-0.15, -0.1) is 0 Å². The van der Waals surface area contributed by atoms with Gasteiger partial charge in [-0.1, -0.05) is 41.5 Å². The third-order valence-corrected chi connectivity index (χ3v) is 4.98. The maximum Gasteiger partial charge on any atom is 0.149 e.